The second-order valence-corrected chi connectivity index (χ2v) is 9.65. The van der Waals surface area contributed by atoms with E-state index in [1.807, 2.05) is 0 Å². The van der Waals surface area contributed by atoms with Gasteiger partial charge in [0, 0.05) is 28.1 Å². The quantitative estimate of drug-likeness (QED) is 0.799. The zero-order chi connectivity index (χ0) is 12.3. The Balaban J connectivity index is 3.27. The highest BCUT2D eigenvalue weighted by Crippen LogP contribution is 2.50. The second kappa shape index (κ2) is 5.46. The van der Waals surface area contributed by atoms with Gasteiger partial charge in [0.2, 0.25) is 0 Å². The number of halogens is 1. The van der Waals surface area contributed by atoms with E-state index in [4.69, 9.17) is 0 Å². The predicted octanol–water partition coefficient (Wildman–Crippen LogP) is 4.35. The monoisotopic (exact) mass is 303 g/mol. The van der Waals surface area contributed by atoms with Gasteiger partial charge in [0.15, 0.2) is 0 Å². The minimum absolute atomic E-state index is 0.693. The molecular formula is C13H22BrNS. The molecule has 0 N–H and O–H groups in total. The fraction of sp³-hybridized carbons (Fsp3) is 0.538. The lowest BCUT2D eigenvalue weighted by molar-refractivity contribution is 0.854. The Kier molecular flexibility index (Phi) is 4.74. The summed E-state index contributed by atoms with van der Waals surface area (Å²) in [7, 11) is -0.693. The first kappa shape index (κ1) is 13.9. The smallest absolute Gasteiger partial charge is 0.0489 e. The highest BCUT2D eigenvalue weighted by atomic mass is 79.9. The summed E-state index contributed by atoms with van der Waals surface area (Å²) in [4.78, 5) is 3.92. The van der Waals surface area contributed by atoms with Crippen LogP contribution in [0.5, 0.6) is 0 Å². The average Bonchev–Trinajstić information content (AvgIpc) is 2.20. The van der Waals surface area contributed by atoms with Crippen molar-refractivity contribution in [3.8, 4) is 0 Å². The van der Waals surface area contributed by atoms with E-state index in [-0.39, 0.29) is 0 Å². The summed E-state index contributed by atoms with van der Waals surface area (Å²) in [6, 6.07) is 6.66. The van der Waals surface area contributed by atoms with Gasteiger partial charge < -0.3 is 4.90 Å². The van der Waals surface area contributed by atoms with Crippen molar-refractivity contribution in [3.05, 3.63) is 22.7 Å². The Morgan fingerprint density at radius 3 is 2.12 bits per heavy atom. The predicted molar refractivity (Wildman–Crippen MR) is 81.3 cm³/mol. The van der Waals surface area contributed by atoms with E-state index < -0.39 is 10.0 Å². The van der Waals surface area contributed by atoms with Crippen LogP contribution in [0.3, 0.4) is 0 Å². The summed E-state index contributed by atoms with van der Waals surface area (Å²) < 4.78 is 1.18. The van der Waals surface area contributed by atoms with Gasteiger partial charge in [-0.1, -0.05) is 15.9 Å². The first-order valence-electron chi connectivity index (χ1n) is 5.63. The van der Waals surface area contributed by atoms with Crippen molar-refractivity contribution < 1.29 is 0 Å². The molecule has 3 heteroatoms. The van der Waals surface area contributed by atoms with Gasteiger partial charge in [0.05, 0.1) is 0 Å². The standard InChI is InChI=1S/C13H22BrNS/c1-6-15(7-2)12-9-8-11(14)10-13(12)16(3,4)5/h8-10H,6-7H2,1-5H3. The first-order chi connectivity index (χ1) is 7.40. The van der Waals surface area contributed by atoms with Crippen molar-refractivity contribution >= 4 is 31.6 Å². The summed E-state index contributed by atoms with van der Waals surface area (Å²) in [5.74, 6) is 0. The third kappa shape index (κ3) is 3.17. The minimum atomic E-state index is -0.693. The summed E-state index contributed by atoms with van der Waals surface area (Å²) in [6.07, 6.45) is 7.05. The van der Waals surface area contributed by atoms with E-state index in [0.29, 0.717) is 0 Å². The van der Waals surface area contributed by atoms with E-state index in [0.717, 1.165) is 13.1 Å². The minimum Gasteiger partial charge on any atom is -0.371 e. The molecule has 0 spiro atoms. The molecule has 1 aromatic rings. The zero-order valence-corrected chi connectivity index (χ0v) is 13.3. The molecule has 0 bridgehead atoms. The Bertz CT molecular complexity index is 353. The number of nitrogens with zero attached hydrogens (tertiary/aromatic N) is 1. The van der Waals surface area contributed by atoms with Crippen LogP contribution in [0, 0.1) is 0 Å². The SMILES string of the molecule is CCN(CC)c1ccc(Br)cc1S(C)(C)C. The Hall–Kier alpha value is -0.150. The van der Waals surface area contributed by atoms with Gasteiger partial charge in [0.25, 0.3) is 0 Å². The summed E-state index contributed by atoms with van der Waals surface area (Å²) in [6.45, 7) is 6.57. The summed E-state index contributed by atoms with van der Waals surface area (Å²) in [5, 5.41) is 0. The molecule has 1 nitrogen and oxygen atoms in total. The maximum Gasteiger partial charge on any atom is 0.0489 e. The molecule has 0 radical (unpaired) electrons. The van der Waals surface area contributed by atoms with Gasteiger partial charge in [-0.05, 0) is 50.8 Å². The maximum atomic E-state index is 3.58. The van der Waals surface area contributed by atoms with Crippen molar-refractivity contribution in [2.24, 2.45) is 0 Å². The highest BCUT2D eigenvalue weighted by molar-refractivity contribution is 9.10. The molecule has 0 amide bonds. The van der Waals surface area contributed by atoms with Crippen molar-refractivity contribution in [2.45, 2.75) is 18.7 Å². The molecule has 1 rings (SSSR count). The molecule has 0 aliphatic carbocycles. The fourth-order valence-electron chi connectivity index (χ4n) is 1.80. The van der Waals surface area contributed by atoms with Crippen molar-refractivity contribution in [2.75, 3.05) is 36.8 Å². The molecule has 92 valence electrons. The Morgan fingerprint density at radius 1 is 1.12 bits per heavy atom. The average molecular weight is 304 g/mol. The van der Waals surface area contributed by atoms with Crippen LogP contribution in [0.2, 0.25) is 0 Å². The van der Waals surface area contributed by atoms with Crippen LogP contribution in [0.1, 0.15) is 13.8 Å². The number of rotatable bonds is 4. The molecule has 0 atom stereocenters. The molecule has 16 heavy (non-hydrogen) atoms. The van der Waals surface area contributed by atoms with Crippen LogP contribution >= 0.6 is 26.0 Å². The van der Waals surface area contributed by atoms with Crippen LogP contribution in [-0.4, -0.2) is 31.9 Å². The first-order valence-corrected chi connectivity index (χ1v) is 9.28. The van der Waals surface area contributed by atoms with E-state index >= 15 is 0 Å². The van der Waals surface area contributed by atoms with Crippen molar-refractivity contribution in [3.63, 3.8) is 0 Å². The van der Waals surface area contributed by atoms with Crippen LogP contribution in [-0.2, 0) is 0 Å². The summed E-state index contributed by atoms with van der Waals surface area (Å²) >= 11 is 3.58. The fourth-order valence-corrected chi connectivity index (χ4v) is 3.62. The number of hydrogen-bond donors (Lipinski definition) is 0. The van der Waals surface area contributed by atoms with Gasteiger partial charge in [-0.2, -0.15) is 0 Å². The van der Waals surface area contributed by atoms with Crippen LogP contribution in [0.15, 0.2) is 27.6 Å². The Morgan fingerprint density at radius 2 is 1.69 bits per heavy atom. The topological polar surface area (TPSA) is 3.24 Å². The van der Waals surface area contributed by atoms with E-state index in [2.05, 4.69) is 71.6 Å². The number of anilines is 1. The lowest BCUT2D eigenvalue weighted by Gasteiger charge is -2.33. The van der Waals surface area contributed by atoms with Gasteiger partial charge in [0.1, 0.15) is 0 Å². The van der Waals surface area contributed by atoms with Gasteiger partial charge >= 0.3 is 0 Å². The molecule has 0 aliphatic heterocycles. The normalized spacial score (nSPS) is 12.6. The third-order valence-electron chi connectivity index (χ3n) is 2.69. The molecular weight excluding hydrogens is 282 g/mol. The second-order valence-electron chi connectivity index (χ2n) is 4.62. The molecule has 0 aromatic heterocycles. The number of benzene rings is 1. The lowest BCUT2D eigenvalue weighted by Crippen LogP contribution is -2.23. The van der Waals surface area contributed by atoms with Crippen LogP contribution in [0.4, 0.5) is 5.69 Å². The largest absolute Gasteiger partial charge is 0.371 e. The lowest BCUT2D eigenvalue weighted by atomic mass is 10.3. The van der Waals surface area contributed by atoms with Crippen LogP contribution in [0.25, 0.3) is 0 Å². The highest BCUT2D eigenvalue weighted by Gasteiger charge is 2.16. The third-order valence-corrected chi connectivity index (χ3v) is 4.83. The maximum absolute atomic E-state index is 3.58. The van der Waals surface area contributed by atoms with E-state index in [9.17, 15) is 0 Å². The molecule has 0 unspecified atom stereocenters. The molecule has 1 aromatic carbocycles. The zero-order valence-electron chi connectivity index (χ0n) is 10.9. The molecule has 0 saturated heterocycles. The summed E-state index contributed by atoms with van der Waals surface area (Å²) in [5.41, 5.74) is 1.40. The number of hydrogen-bond acceptors (Lipinski definition) is 1. The van der Waals surface area contributed by atoms with Gasteiger partial charge in [-0.25, -0.2) is 10.0 Å². The van der Waals surface area contributed by atoms with E-state index in [1.165, 1.54) is 15.1 Å². The molecule has 0 aliphatic rings. The van der Waals surface area contributed by atoms with Crippen molar-refractivity contribution in [1.82, 2.24) is 0 Å². The molecule has 0 heterocycles. The van der Waals surface area contributed by atoms with Crippen molar-refractivity contribution in [1.29, 1.82) is 0 Å². The van der Waals surface area contributed by atoms with Gasteiger partial charge in [-0.15, -0.1) is 0 Å². The Labute approximate surface area is 110 Å². The van der Waals surface area contributed by atoms with E-state index in [1.54, 1.807) is 0 Å². The van der Waals surface area contributed by atoms with Crippen LogP contribution < -0.4 is 4.90 Å². The molecule has 0 saturated carbocycles. The molecule has 0 fully saturated rings. The van der Waals surface area contributed by atoms with Gasteiger partial charge in [-0.3, -0.25) is 0 Å².